The average molecular weight is 683 g/mol. The molecule has 7 aromatic rings. The zero-order chi connectivity index (χ0) is 33.9. The predicted octanol–water partition coefficient (Wildman–Crippen LogP) is 4.74. The summed E-state index contributed by atoms with van der Waals surface area (Å²) in [4.78, 5) is 0. The lowest BCUT2D eigenvalue weighted by Gasteiger charge is -2.16. The summed E-state index contributed by atoms with van der Waals surface area (Å²) < 4.78 is 29.8. The molecule has 51 heavy (non-hydrogen) atoms. The molecule has 0 radical (unpaired) electrons. The smallest absolute Gasteiger partial charge is 0.165 e. The highest BCUT2D eigenvalue weighted by atomic mass is 16.5. The minimum absolute atomic E-state index is 0.229. The van der Waals surface area contributed by atoms with Gasteiger partial charge in [0.2, 0.25) is 0 Å². The molecule has 0 bridgehead atoms. The molecule has 0 fully saturated rings. The lowest BCUT2D eigenvalue weighted by molar-refractivity contribution is 0.248. The number of aryl methyl sites for hydroxylation is 1. The van der Waals surface area contributed by atoms with Crippen molar-refractivity contribution >= 4 is 22.9 Å². The second-order valence-electron chi connectivity index (χ2n) is 13.2. The second-order valence-corrected chi connectivity index (χ2v) is 13.2. The van der Waals surface area contributed by atoms with E-state index in [2.05, 4.69) is 54.3 Å². The molecular weight excluding hydrogens is 648 g/mol. The molecule has 0 spiro atoms. The number of nitrogens with zero attached hydrogens (tertiary/aromatic N) is 8. The number of benzene rings is 2. The maximum atomic E-state index is 6.32. The van der Waals surface area contributed by atoms with Crippen molar-refractivity contribution in [3.05, 3.63) is 113 Å². The van der Waals surface area contributed by atoms with E-state index in [4.69, 9.17) is 18.9 Å². The summed E-state index contributed by atoms with van der Waals surface area (Å²) in [5, 5.41) is 27.9. The Bertz CT molecular complexity index is 2430. The number of ether oxygens (including phenoxy) is 4. The first kappa shape index (κ1) is 29.6. The zero-order valence-electron chi connectivity index (χ0n) is 27.8. The standard InChI is InChI=1S/C21H20N6O2.C16H14N4O2/c1-26-9-13(7-24-26)5-15-6-18-21(27-12-23-25-20(15)27)22-8-14-3-2-4-17-19(14)16(10-28-17)11-29-18;1-2-10-6-17-16-13(4-5-14-19-18-9-20(14)16)22-8-11-7-21-12(3-1)15(10)11/h2-4,6-7,9,12,16,22H,5,8,10-11H2,1H3;1-5,9,11,17H,6-8H2/t16-;11-/m11/s1. The summed E-state index contributed by atoms with van der Waals surface area (Å²) in [6, 6.07) is 18.4. The Balaban J connectivity index is 0.000000133. The van der Waals surface area contributed by atoms with Crippen LogP contribution in [0, 0.1) is 0 Å². The molecule has 0 saturated heterocycles. The monoisotopic (exact) mass is 682 g/mol. The van der Waals surface area contributed by atoms with E-state index in [0.29, 0.717) is 39.4 Å². The SMILES string of the molecule is Cn1cc(Cc2cc3c(n4cnnc24)NCc2cccc4c2[C@H](CO4)CO3)cn1.c1cc2c3c(c1)OC[C@@H]3COc1ccc3nncn3c1NC2. The molecule has 256 valence electrons. The van der Waals surface area contributed by atoms with Crippen molar-refractivity contribution < 1.29 is 18.9 Å². The van der Waals surface area contributed by atoms with Gasteiger partial charge in [0, 0.05) is 49.4 Å². The normalized spacial score (nSPS) is 18.1. The van der Waals surface area contributed by atoms with Crippen molar-refractivity contribution in [2.75, 3.05) is 37.1 Å². The molecule has 14 nitrogen and oxygen atoms in total. The van der Waals surface area contributed by atoms with Gasteiger partial charge in [-0.15, -0.1) is 20.4 Å². The predicted molar refractivity (Wildman–Crippen MR) is 187 cm³/mol. The van der Waals surface area contributed by atoms with Crippen LogP contribution in [0.4, 0.5) is 11.6 Å². The number of fused-ring (bicyclic) bond motifs is 6. The van der Waals surface area contributed by atoms with Crippen LogP contribution in [0.3, 0.4) is 0 Å². The maximum Gasteiger partial charge on any atom is 0.165 e. The van der Waals surface area contributed by atoms with Gasteiger partial charge in [-0.1, -0.05) is 24.3 Å². The molecule has 2 N–H and O–H groups in total. The molecule has 0 unspecified atom stereocenters. The Hall–Kier alpha value is -6.31. The van der Waals surface area contributed by atoms with Gasteiger partial charge in [0.1, 0.15) is 24.2 Å². The Morgan fingerprint density at radius 3 is 2.02 bits per heavy atom. The zero-order valence-corrected chi connectivity index (χ0v) is 27.8. The molecule has 0 aliphatic carbocycles. The molecule has 0 amide bonds. The third kappa shape index (κ3) is 5.13. The summed E-state index contributed by atoms with van der Waals surface area (Å²) in [6.07, 6.45) is 8.04. The number of hydrogen-bond donors (Lipinski definition) is 2. The number of pyridine rings is 2. The minimum Gasteiger partial charge on any atom is -0.493 e. The molecule has 2 atom stereocenters. The van der Waals surface area contributed by atoms with Gasteiger partial charge in [-0.2, -0.15) is 5.10 Å². The van der Waals surface area contributed by atoms with Gasteiger partial charge >= 0.3 is 0 Å². The second kappa shape index (κ2) is 11.9. The van der Waals surface area contributed by atoms with Crippen LogP contribution in [0.2, 0.25) is 0 Å². The van der Waals surface area contributed by atoms with Crippen LogP contribution in [0.5, 0.6) is 23.0 Å². The van der Waals surface area contributed by atoms with Crippen LogP contribution < -0.4 is 29.6 Å². The third-order valence-electron chi connectivity index (χ3n) is 9.98. The van der Waals surface area contributed by atoms with Crippen LogP contribution in [-0.4, -0.2) is 65.4 Å². The minimum atomic E-state index is 0.229. The fourth-order valence-corrected chi connectivity index (χ4v) is 7.60. The van der Waals surface area contributed by atoms with E-state index in [1.807, 2.05) is 64.6 Å². The van der Waals surface area contributed by atoms with E-state index < -0.39 is 0 Å². The van der Waals surface area contributed by atoms with Crippen molar-refractivity contribution in [2.45, 2.75) is 31.3 Å². The first-order valence-electron chi connectivity index (χ1n) is 17.0. The summed E-state index contributed by atoms with van der Waals surface area (Å²) >= 11 is 0. The van der Waals surface area contributed by atoms with Crippen molar-refractivity contribution in [3.8, 4) is 23.0 Å². The fourth-order valence-electron chi connectivity index (χ4n) is 7.60. The van der Waals surface area contributed by atoms with Gasteiger partial charge in [-0.05, 0) is 47.0 Å². The summed E-state index contributed by atoms with van der Waals surface area (Å²) in [5.41, 5.74) is 8.81. The van der Waals surface area contributed by atoms with Crippen molar-refractivity contribution in [1.82, 2.24) is 39.0 Å². The van der Waals surface area contributed by atoms with E-state index in [9.17, 15) is 0 Å². The van der Waals surface area contributed by atoms with Gasteiger partial charge in [0.25, 0.3) is 0 Å². The molecule has 14 heteroatoms. The molecule has 0 saturated carbocycles. The van der Waals surface area contributed by atoms with E-state index in [-0.39, 0.29) is 11.8 Å². The van der Waals surface area contributed by atoms with Gasteiger partial charge in [-0.3, -0.25) is 13.5 Å². The number of hydrogen-bond acceptors (Lipinski definition) is 11. The van der Waals surface area contributed by atoms with Crippen molar-refractivity contribution in [2.24, 2.45) is 7.05 Å². The van der Waals surface area contributed by atoms with Crippen LogP contribution in [0.25, 0.3) is 11.3 Å². The Kier molecular flexibility index (Phi) is 6.92. The summed E-state index contributed by atoms with van der Waals surface area (Å²) in [7, 11) is 1.92. The van der Waals surface area contributed by atoms with Gasteiger partial charge < -0.3 is 29.6 Å². The average Bonchev–Trinajstić information content (AvgIpc) is 3.99. The van der Waals surface area contributed by atoms with Gasteiger partial charge in [0.05, 0.1) is 44.5 Å². The Labute approximate surface area is 292 Å². The van der Waals surface area contributed by atoms with Crippen LogP contribution >= 0.6 is 0 Å². The third-order valence-corrected chi connectivity index (χ3v) is 9.98. The summed E-state index contributed by atoms with van der Waals surface area (Å²) in [6.45, 7) is 3.91. The number of anilines is 2. The highest BCUT2D eigenvalue weighted by molar-refractivity contribution is 5.65. The molecular formula is C37H34N10O4. The molecule has 4 aliphatic rings. The van der Waals surface area contributed by atoms with E-state index >= 15 is 0 Å². The van der Waals surface area contributed by atoms with Gasteiger partial charge in [0.15, 0.2) is 34.4 Å². The van der Waals surface area contributed by atoms with Crippen molar-refractivity contribution in [3.63, 3.8) is 0 Å². The Morgan fingerprint density at radius 2 is 1.33 bits per heavy atom. The molecule has 5 aromatic heterocycles. The maximum absolute atomic E-state index is 6.32. The van der Waals surface area contributed by atoms with Crippen molar-refractivity contribution in [1.29, 1.82) is 0 Å². The summed E-state index contributed by atoms with van der Waals surface area (Å²) in [5.74, 6) is 5.83. The topological polar surface area (TPSA) is 139 Å². The first-order chi connectivity index (χ1) is 25.2. The number of nitrogens with one attached hydrogen (secondary N) is 2. The molecule has 2 aromatic carbocycles. The quantitative estimate of drug-likeness (QED) is 0.261. The van der Waals surface area contributed by atoms with E-state index in [1.165, 1.54) is 22.3 Å². The lowest BCUT2D eigenvalue weighted by atomic mass is 9.96. The molecule has 9 heterocycles. The highest BCUT2D eigenvalue weighted by Crippen LogP contribution is 2.41. The largest absolute Gasteiger partial charge is 0.493 e. The van der Waals surface area contributed by atoms with Crippen LogP contribution in [0.1, 0.15) is 45.2 Å². The highest BCUT2D eigenvalue weighted by Gasteiger charge is 2.31. The Morgan fingerprint density at radius 1 is 0.706 bits per heavy atom. The first-order valence-corrected chi connectivity index (χ1v) is 17.0. The number of aromatic nitrogens is 8. The van der Waals surface area contributed by atoms with E-state index in [1.54, 1.807) is 17.3 Å². The fraction of sp³-hybridized carbons (Fsp3) is 0.270. The molecule has 11 rings (SSSR count). The van der Waals surface area contributed by atoms with Gasteiger partial charge in [-0.25, -0.2) is 0 Å². The van der Waals surface area contributed by atoms with Crippen LogP contribution in [-0.2, 0) is 26.6 Å². The van der Waals surface area contributed by atoms with E-state index in [0.717, 1.165) is 63.6 Å². The number of rotatable bonds is 2. The lowest BCUT2D eigenvalue weighted by Crippen LogP contribution is -2.13. The van der Waals surface area contributed by atoms with Crippen LogP contribution in [0.15, 0.2) is 79.6 Å². The molecule has 4 aliphatic heterocycles.